The van der Waals surface area contributed by atoms with E-state index < -0.39 is 28.7 Å². The zero-order chi connectivity index (χ0) is 16.2. The van der Waals surface area contributed by atoms with Crippen LogP contribution in [0.15, 0.2) is 12.1 Å². The number of ether oxygens (including phenoxy) is 1. The molecule has 5 heteroatoms. The Kier molecular flexibility index (Phi) is 3.46. The van der Waals surface area contributed by atoms with Gasteiger partial charge in [-0.1, -0.05) is 13.8 Å². The van der Waals surface area contributed by atoms with E-state index in [1.807, 2.05) is 0 Å². The van der Waals surface area contributed by atoms with E-state index in [4.69, 9.17) is 4.74 Å². The third-order valence-electron chi connectivity index (χ3n) is 4.30. The molecule has 0 amide bonds. The number of aryl methyl sites for hydroxylation is 1. The van der Waals surface area contributed by atoms with Gasteiger partial charge in [0.05, 0.1) is 7.11 Å². The van der Waals surface area contributed by atoms with Gasteiger partial charge >= 0.3 is 0 Å². The monoisotopic (exact) mass is 292 g/mol. The summed E-state index contributed by atoms with van der Waals surface area (Å²) < 4.78 is 5.21. The van der Waals surface area contributed by atoms with Crippen molar-refractivity contribution in [2.75, 3.05) is 7.11 Å². The number of fused-ring (bicyclic) bond motifs is 1. The van der Waals surface area contributed by atoms with E-state index in [0.717, 1.165) is 0 Å². The van der Waals surface area contributed by atoms with E-state index >= 15 is 0 Å². The molecule has 1 aliphatic carbocycles. The third kappa shape index (κ3) is 1.92. The second-order valence-corrected chi connectivity index (χ2v) is 6.02. The van der Waals surface area contributed by atoms with Crippen molar-refractivity contribution in [1.29, 1.82) is 0 Å². The van der Waals surface area contributed by atoms with Crippen molar-refractivity contribution in [3.63, 3.8) is 0 Å². The number of hydrogen-bond acceptors (Lipinski definition) is 5. The van der Waals surface area contributed by atoms with Crippen molar-refractivity contribution < 1.29 is 24.5 Å². The van der Waals surface area contributed by atoms with Gasteiger partial charge in [0.1, 0.15) is 5.75 Å². The molecule has 21 heavy (non-hydrogen) atoms. The van der Waals surface area contributed by atoms with Crippen LogP contribution in [0.5, 0.6) is 5.75 Å². The highest BCUT2D eigenvalue weighted by Gasteiger charge is 2.57. The molecule has 2 N–H and O–H groups in total. The van der Waals surface area contributed by atoms with Crippen LogP contribution in [-0.4, -0.2) is 28.9 Å². The number of carbonyl (C=O) groups is 2. The zero-order valence-corrected chi connectivity index (χ0v) is 12.9. The number of Topliss-reactive ketones (excluding diaryl/α,β-unsaturated/α-hetero) is 2. The predicted molar refractivity (Wildman–Crippen MR) is 76.1 cm³/mol. The van der Waals surface area contributed by atoms with Gasteiger partial charge in [0.15, 0.2) is 11.2 Å². The van der Waals surface area contributed by atoms with Gasteiger partial charge in [-0.05, 0) is 43.0 Å². The molecule has 2 atom stereocenters. The lowest BCUT2D eigenvalue weighted by Crippen LogP contribution is -2.56. The molecule has 0 bridgehead atoms. The Morgan fingerprint density at radius 1 is 1.10 bits per heavy atom. The first-order valence-electron chi connectivity index (χ1n) is 6.82. The molecule has 0 aliphatic heterocycles. The summed E-state index contributed by atoms with van der Waals surface area (Å²) in [5.74, 6) is -1.99. The van der Waals surface area contributed by atoms with Crippen molar-refractivity contribution in [2.24, 2.45) is 5.92 Å². The molecule has 0 heterocycles. The molecule has 1 aromatic rings. The van der Waals surface area contributed by atoms with Crippen molar-refractivity contribution in [1.82, 2.24) is 0 Å². The van der Waals surface area contributed by atoms with Gasteiger partial charge in [-0.25, -0.2) is 0 Å². The van der Waals surface area contributed by atoms with Crippen molar-refractivity contribution in [2.45, 2.75) is 38.9 Å². The molecule has 114 valence electrons. The molecule has 0 saturated heterocycles. The van der Waals surface area contributed by atoms with Gasteiger partial charge in [-0.2, -0.15) is 0 Å². The van der Waals surface area contributed by atoms with E-state index in [-0.39, 0.29) is 11.1 Å². The topological polar surface area (TPSA) is 83.8 Å². The summed E-state index contributed by atoms with van der Waals surface area (Å²) in [6, 6.07) is 3.12. The molecule has 0 saturated carbocycles. The summed E-state index contributed by atoms with van der Waals surface area (Å²) >= 11 is 0. The van der Waals surface area contributed by atoms with Crippen LogP contribution in [0.3, 0.4) is 0 Å². The van der Waals surface area contributed by atoms with E-state index in [1.54, 1.807) is 26.8 Å². The van der Waals surface area contributed by atoms with Gasteiger partial charge in [-0.3, -0.25) is 9.59 Å². The Labute approximate surface area is 123 Å². The maximum atomic E-state index is 12.3. The predicted octanol–water partition coefficient (Wildman–Crippen LogP) is 1.21. The van der Waals surface area contributed by atoms with Gasteiger partial charge in [0.25, 0.3) is 0 Å². The Morgan fingerprint density at radius 3 is 2.14 bits per heavy atom. The Morgan fingerprint density at radius 2 is 1.67 bits per heavy atom. The van der Waals surface area contributed by atoms with Crippen LogP contribution in [0.4, 0.5) is 0 Å². The van der Waals surface area contributed by atoms with Crippen LogP contribution < -0.4 is 4.74 Å². The number of carbonyl (C=O) groups excluding carboxylic acids is 2. The second kappa shape index (κ2) is 4.64. The second-order valence-electron chi connectivity index (χ2n) is 6.02. The number of benzene rings is 1. The highest BCUT2D eigenvalue weighted by atomic mass is 16.5. The minimum atomic E-state index is -1.96. The summed E-state index contributed by atoms with van der Waals surface area (Å²) in [7, 11) is 1.48. The van der Waals surface area contributed by atoms with Gasteiger partial charge in [-0.15, -0.1) is 0 Å². The maximum absolute atomic E-state index is 12.3. The van der Waals surface area contributed by atoms with Gasteiger partial charge in [0.2, 0.25) is 11.6 Å². The average molecular weight is 292 g/mol. The Hall–Kier alpha value is -1.72. The van der Waals surface area contributed by atoms with Crippen LogP contribution in [0.25, 0.3) is 0 Å². The van der Waals surface area contributed by atoms with Crippen molar-refractivity contribution in [3.05, 3.63) is 28.8 Å². The molecular weight excluding hydrogens is 272 g/mol. The van der Waals surface area contributed by atoms with Crippen LogP contribution in [0.2, 0.25) is 0 Å². The zero-order valence-electron chi connectivity index (χ0n) is 12.9. The van der Waals surface area contributed by atoms with Crippen LogP contribution in [0.1, 0.15) is 37.5 Å². The molecule has 5 nitrogen and oxygen atoms in total. The summed E-state index contributed by atoms with van der Waals surface area (Å²) in [4.78, 5) is 24.6. The standard InChI is InChI=1S/C16H20O5/c1-8(2)16(20)11-6-9(3)12(21-5)7-10(11)15(4,19)13(17)14(16)18/h6-8,19-20H,1-5H3/t15-,16+/m0/s1. The third-order valence-corrected chi connectivity index (χ3v) is 4.30. The average Bonchev–Trinajstić information content (AvgIpc) is 2.42. The fourth-order valence-corrected chi connectivity index (χ4v) is 2.84. The van der Waals surface area contributed by atoms with E-state index in [9.17, 15) is 19.8 Å². The number of hydrogen-bond donors (Lipinski definition) is 2. The van der Waals surface area contributed by atoms with Crippen LogP contribution in [0, 0.1) is 12.8 Å². The van der Waals surface area contributed by atoms with Crippen molar-refractivity contribution >= 4 is 11.6 Å². The fourth-order valence-electron chi connectivity index (χ4n) is 2.84. The summed E-state index contributed by atoms with van der Waals surface area (Å²) in [5.41, 5.74) is -2.69. The Balaban J connectivity index is 2.88. The summed E-state index contributed by atoms with van der Waals surface area (Å²) in [5, 5.41) is 21.3. The highest BCUT2D eigenvalue weighted by molar-refractivity contribution is 6.44. The minimum Gasteiger partial charge on any atom is -0.496 e. The molecule has 0 spiro atoms. The molecule has 1 aromatic carbocycles. The summed E-state index contributed by atoms with van der Waals surface area (Å²) in [6.07, 6.45) is 0. The molecule has 0 radical (unpaired) electrons. The summed E-state index contributed by atoms with van der Waals surface area (Å²) in [6.45, 7) is 6.36. The number of ketones is 2. The molecular formula is C16H20O5. The number of aliphatic hydroxyl groups is 2. The van der Waals surface area contributed by atoms with Crippen molar-refractivity contribution in [3.8, 4) is 5.75 Å². The van der Waals surface area contributed by atoms with E-state index in [1.165, 1.54) is 20.1 Å². The molecule has 2 rings (SSSR count). The quantitative estimate of drug-likeness (QED) is 0.800. The lowest BCUT2D eigenvalue weighted by Gasteiger charge is -2.41. The molecule has 0 unspecified atom stereocenters. The first-order chi connectivity index (χ1) is 9.58. The molecule has 1 aliphatic rings. The molecule has 0 fully saturated rings. The highest BCUT2D eigenvalue weighted by Crippen LogP contribution is 2.45. The lowest BCUT2D eigenvalue weighted by atomic mass is 9.66. The smallest absolute Gasteiger partial charge is 0.238 e. The SMILES string of the molecule is COc1cc2c(cc1C)[C@](O)(C(C)C)C(=O)C(=O)[C@@]2(C)O. The molecule has 0 aromatic heterocycles. The fraction of sp³-hybridized carbons (Fsp3) is 0.500. The van der Waals surface area contributed by atoms with Crippen LogP contribution >= 0.6 is 0 Å². The lowest BCUT2D eigenvalue weighted by molar-refractivity contribution is -0.165. The number of rotatable bonds is 2. The first kappa shape index (κ1) is 15.7. The largest absolute Gasteiger partial charge is 0.496 e. The number of methoxy groups -OCH3 is 1. The van der Waals surface area contributed by atoms with Gasteiger partial charge < -0.3 is 14.9 Å². The van der Waals surface area contributed by atoms with E-state index in [0.29, 0.717) is 11.3 Å². The van der Waals surface area contributed by atoms with Gasteiger partial charge in [0, 0.05) is 5.56 Å². The van der Waals surface area contributed by atoms with E-state index in [2.05, 4.69) is 0 Å². The maximum Gasteiger partial charge on any atom is 0.238 e. The Bertz CT molecular complexity index is 630. The first-order valence-corrected chi connectivity index (χ1v) is 6.82. The van der Waals surface area contributed by atoms with Crippen LogP contribution in [-0.2, 0) is 20.8 Å². The normalized spacial score (nSPS) is 28.8. The minimum absolute atomic E-state index is 0.214.